The Balaban J connectivity index is 2.63. The van der Waals surface area contributed by atoms with E-state index in [9.17, 15) is 4.79 Å². The van der Waals surface area contributed by atoms with Crippen LogP contribution in [0.25, 0.3) is 5.57 Å². The normalized spacial score (nSPS) is 11.4. The van der Waals surface area contributed by atoms with Crippen LogP contribution in [-0.4, -0.2) is 12.6 Å². The summed E-state index contributed by atoms with van der Waals surface area (Å²) < 4.78 is 5.98. The van der Waals surface area contributed by atoms with Crippen LogP contribution in [0.15, 0.2) is 34.8 Å². The van der Waals surface area contributed by atoms with E-state index in [0.717, 1.165) is 17.3 Å². The molecule has 1 aromatic carbocycles. The molecule has 18 heavy (non-hydrogen) atoms. The van der Waals surface area contributed by atoms with Crippen molar-refractivity contribution < 1.29 is 9.53 Å². The van der Waals surface area contributed by atoms with Gasteiger partial charge in [0.1, 0.15) is 0 Å². The van der Waals surface area contributed by atoms with Gasteiger partial charge in [-0.05, 0) is 43.0 Å². The first-order valence-corrected chi connectivity index (χ1v) is 7.07. The van der Waals surface area contributed by atoms with Crippen molar-refractivity contribution in [2.75, 3.05) is 6.61 Å². The molecule has 0 bridgehead atoms. The molecular weight excluding hydrogens is 292 g/mol. The molecule has 0 aromatic heterocycles. The molecule has 0 radical (unpaired) electrons. The number of rotatable bonds is 6. The summed E-state index contributed by atoms with van der Waals surface area (Å²) in [5.41, 5.74) is 2.47. The average Bonchev–Trinajstić information content (AvgIpc) is 2.35. The molecule has 0 aliphatic rings. The molecule has 0 heterocycles. The molecule has 0 unspecified atom stereocenters. The highest BCUT2D eigenvalue weighted by Gasteiger charge is 2.02. The quantitative estimate of drug-likeness (QED) is 0.719. The Morgan fingerprint density at radius 2 is 2.17 bits per heavy atom. The standard InChI is InChI=1S/C15H19BrO2/c1-3-12(7-6-10-15(17)18-4-2)13-8-5-9-14(16)11-13/h5,7-9,11H,3-4,6,10H2,1-2H3/b12-7+. The van der Waals surface area contributed by atoms with Gasteiger partial charge in [0.05, 0.1) is 6.61 Å². The van der Waals surface area contributed by atoms with E-state index in [1.807, 2.05) is 19.1 Å². The number of carbonyl (C=O) groups excluding carboxylic acids is 1. The summed E-state index contributed by atoms with van der Waals surface area (Å²) in [7, 11) is 0. The van der Waals surface area contributed by atoms with Crippen LogP contribution in [0.5, 0.6) is 0 Å². The second-order valence-corrected chi connectivity index (χ2v) is 4.85. The van der Waals surface area contributed by atoms with Crippen LogP contribution in [-0.2, 0) is 9.53 Å². The SMILES string of the molecule is CCOC(=O)CC/C=C(\CC)c1cccc(Br)c1. The Bertz CT molecular complexity index is 424. The summed E-state index contributed by atoms with van der Waals surface area (Å²) >= 11 is 3.47. The maximum atomic E-state index is 11.2. The number of allylic oxidation sites excluding steroid dienone is 2. The van der Waals surface area contributed by atoms with E-state index in [4.69, 9.17) is 4.74 Å². The number of esters is 1. The third-order valence-corrected chi connectivity index (χ3v) is 3.11. The number of carbonyl (C=O) groups is 1. The first-order chi connectivity index (χ1) is 8.67. The molecule has 1 rings (SSSR count). The molecule has 0 saturated carbocycles. The molecule has 2 nitrogen and oxygen atoms in total. The minimum absolute atomic E-state index is 0.126. The third-order valence-electron chi connectivity index (χ3n) is 2.62. The van der Waals surface area contributed by atoms with Gasteiger partial charge < -0.3 is 4.74 Å². The molecule has 0 atom stereocenters. The smallest absolute Gasteiger partial charge is 0.306 e. The maximum absolute atomic E-state index is 11.2. The Hall–Kier alpha value is -1.09. The highest BCUT2D eigenvalue weighted by atomic mass is 79.9. The second-order valence-electron chi connectivity index (χ2n) is 3.94. The third kappa shape index (κ3) is 5.05. The lowest BCUT2D eigenvalue weighted by atomic mass is 10.0. The van der Waals surface area contributed by atoms with E-state index in [-0.39, 0.29) is 5.97 Å². The van der Waals surface area contributed by atoms with Crippen molar-refractivity contribution in [2.24, 2.45) is 0 Å². The van der Waals surface area contributed by atoms with Crippen LogP contribution in [0.2, 0.25) is 0 Å². The molecular formula is C15H19BrO2. The van der Waals surface area contributed by atoms with E-state index in [0.29, 0.717) is 13.0 Å². The van der Waals surface area contributed by atoms with Crippen LogP contribution in [0.1, 0.15) is 38.7 Å². The van der Waals surface area contributed by atoms with Gasteiger partial charge in [0.25, 0.3) is 0 Å². The number of hydrogen-bond donors (Lipinski definition) is 0. The van der Waals surface area contributed by atoms with Gasteiger partial charge in [0, 0.05) is 10.9 Å². The zero-order valence-corrected chi connectivity index (χ0v) is 12.5. The summed E-state index contributed by atoms with van der Waals surface area (Å²) in [6, 6.07) is 8.22. The fraction of sp³-hybridized carbons (Fsp3) is 0.400. The van der Waals surface area contributed by atoms with Gasteiger partial charge in [-0.25, -0.2) is 0 Å². The number of ether oxygens (including phenoxy) is 1. The minimum Gasteiger partial charge on any atom is -0.466 e. The van der Waals surface area contributed by atoms with Crippen molar-refractivity contribution in [3.8, 4) is 0 Å². The highest BCUT2D eigenvalue weighted by Crippen LogP contribution is 2.22. The van der Waals surface area contributed by atoms with Gasteiger partial charge >= 0.3 is 5.97 Å². The van der Waals surface area contributed by atoms with Crippen molar-refractivity contribution in [1.82, 2.24) is 0 Å². The monoisotopic (exact) mass is 310 g/mol. The van der Waals surface area contributed by atoms with Gasteiger partial charge in [0.2, 0.25) is 0 Å². The maximum Gasteiger partial charge on any atom is 0.306 e. The lowest BCUT2D eigenvalue weighted by Crippen LogP contribution is -2.02. The lowest BCUT2D eigenvalue weighted by molar-refractivity contribution is -0.142. The molecule has 0 spiro atoms. The molecule has 98 valence electrons. The van der Waals surface area contributed by atoms with Crippen LogP contribution in [0, 0.1) is 0 Å². The highest BCUT2D eigenvalue weighted by molar-refractivity contribution is 9.10. The van der Waals surface area contributed by atoms with Crippen LogP contribution >= 0.6 is 15.9 Å². The van der Waals surface area contributed by atoms with Crippen LogP contribution in [0.3, 0.4) is 0 Å². The largest absolute Gasteiger partial charge is 0.466 e. The van der Waals surface area contributed by atoms with E-state index in [1.54, 1.807) is 0 Å². The fourth-order valence-corrected chi connectivity index (χ4v) is 2.15. The van der Waals surface area contributed by atoms with Crippen LogP contribution in [0.4, 0.5) is 0 Å². The lowest BCUT2D eigenvalue weighted by Gasteiger charge is -2.06. The molecule has 3 heteroatoms. The molecule has 0 aliphatic heterocycles. The minimum atomic E-state index is -0.126. The zero-order chi connectivity index (χ0) is 13.4. The predicted octanol–water partition coefficient (Wildman–Crippen LogP) is 4.59. The number of hydrogen-bond acceptors (Lipinski definition) is 2. The first kappa shape index (κ1) is 15.0. The van der Waals surface area contributed by atoms with Gasteiger partial charge in [-0.3, -0.25) is 4.79 Å². The van der Waals surface area contributed by atoms with Crippen molar-refractivity contribution in [3.05, 3.63) is 40.4 Å². The zero-order valence-electron chi connectivity index (χ0n) is 10.9. The number of halogens is 1. The van der Waals surface area contributed by atoms with E-state index in [1.165, 1.54) is 11.1 Å². The van der Waals surface area contributed by atoms with Gasteiger partial charge in [-0.1, -0.05) is 41.1 Å². The van der Waals surface area contributed by atoms with E-state index < -0.39 is 0 Å². The first-order valence-electron chi connectivity index (χ1n) is 6.28. The molecule has 0 amide bonds. The molecule has 0 saturated heterocycles. The molecule has 0 fully saturated rings. The Labute approximate surface area is 117 Å². The Kier molecular flexibility index (Phi) is 6.73. The van der Waals surface area contributed by atoms with Crippen molar-refractivity contribution in [3.63, 3.8) is 0 Å². The molecule has 0 N–H and O–H groups in total. The van der Waals surface area contributed by atoms with Gasteiger partial charge in [-0.15, -0.1) is 0 Å². The summed E-state index contributed by atoms with van der Waals surface area (Å²) in [6.45, 7) is 4.40. The molecule has 1 aromatic rings. The van der Waals surface area contributed by atoms with E-state index in [2.05, 4.69) is 41.1 Å². The molecule has 0 aliphatic carbocycles. The topological polar surface area (TPSA) is 26.3 Å². The summed E-state index contributed by atoms with van der Waals surface area (Å²) in [4.78, 5) is 11.2. The van der Waals surface area contributed by atoms with Crippen molar-refractivity contribution in [1.29, 1.82) is 0 Å². The second kappa shape index (κ2) is 8.09. The summed E-state index contributed by atoms with van der Waals surface area (Å²) in [6.07, 6.45) is 4.26. The summed E-state index contributed by atoms with van der Waals surface area (Å²) in [5.74, 6) is -0.126. The predicted molar refractivity (Wildman–Crippen MR) is 78.3 cm³/mol. The van der Waals surface area contributed by atoms with Crippen molar-refractivity contribution >= 4 is 27.5 Å². The van der Waals surface area contributed by atoms with Gasteiger partial charge in [0.15, 0.2) is 0 Å². The fourth-order valence-electron chi connectivity index (χ4n) is 1.75. The number of benzene rings is 1. The van der Waals surface area contributed by atoms with Crippen LogP contribution < -0.4 is 0 Å². The van der Waals surface area contributed by atoms with E-state index >= 15 is 0 Å². The van der Waals surface area contributed by atoms with Crippen molar-refractivity contribution in [2.45, 2.75) is 33.1 Å². The Morgan fingerprint density at radius 1 is 1.39 bits per heavy atom. The Morgan fingerprint density at radius 3 is 2.78 bits per heavy atom. The van der Waals surface area contributed by atoms with Gasteiger partial charge in [-0.2, -0.15) is 0 Å². The summed E-state index contributed by atoms with van der Waals surface area (Å²) in [5, 5.41) is 0. The average molecular weight is 311 g/mol.